The van der Waals surface area contributed by atoms with Crippen LogP contribution in [0, 0.1) is 0 Å². The molecule has 0 unspecified atom stereocenters. The fourth-order valence-electron chi connectivity index (χ4n) is 0. The summed E-state index contributed by atoms with van der Waals surface area (Å²) in [7, 11) is 0. The van der Waals surface area contributed by atoms with Crippen LogP contribution in [0.2, 0.25) is 0 Å². The van der Waals surface area contributed by atoms with Crippen molar-refractivity contribution in [3.05, 3.63) is 0 Å². The van der Waals surface area contributed by atoms with Crippen LogP contribution in [0.25, 0.3) is 0 Å². The molecule has 0 aromatic carbocycles. The van der Waals surface area contributed by atoms with Gasteiger partial charge in [-0.05, 0) is 6.90 Å². The molecule has 0 aliphatic carbocycles. The summed E-state index contributed by atoms with van der Waals surface area (Å²) in [6.45, 7) is -0.806. The van der Waals surface area contributed by atoms with E-state index in [-0.39, 0.29) is 6.90 Å². The lowest BCUT2D eigenvalue weighted by molar-refractivity contribution is -0.119. The zero-order valence-electron chi connectivity index (χ0n) is 3.77. The van der Waals surface area contributed by atoms with Crippen LogP contribution < -0.4 is 0 Å². The topological polar surface area (TPSA) is 37.3 Å². The maximum atomic E-state index is 9.74. The van der Waals surface area contributed by atoms with E-state index in [1.54, 1.807) is 0 Å². The third-order valence-electron chi connectivity index (χ3n) is 0.176. The smallest absolute Gasteiger partial charge is 0.155 e. The van der Waals surface area contributed by atoms with Crippen molar-refractivity contribution >= 4 is 5.78 Å². The Labute approximate surface area is 31.8 Å². The van der Waals surface area contributed by atoms with Crippen molar-refractivity contribution in [1.82, 2.24) is 0 Å². The minimum atomic E-state index is -0.497. The first kappa shape index (κ1) is 2.85. The number of carbonyl (C=O) groups is 1. The predicted molar refractivity (Wildman–Crippen MR) is 17.8 cm³/mol. The van der Waals surface area contributed by atoms with Gasteiger partial charge in [-0.1, -0.05) is 0 Å². The average Bonchev–Trinajstić information content (AvgIpc) is 1.65. The van der Waals surface area contributed by atoms with Crippen molar-refractivity contribution in [2.75, 3.05) is 6.61 Å². The second-order valence-corrected chi connectivity index (χ2v) is 0.697. The number of hydrogen-bond donors (Lipinski definition) is 1. The summed E-state index contributed by atoms with van der Waals surface area (Å²) in [5.74, 6) is -0.435. The van der Waals surface area contributed by atoms with Crippen molar-refractivity contribution in [2.24, 2.45) is 0 Å². The summed E-state index contributed by atoms with van der Waals surface area (Å²) in [6.07, 6.45) is 0. The third-order valence-corrected chi connectivity index (χ3v) is 0.176. The third kappa shape index (κ3) is 3.63. The molecule has 30 valence electrons. The highest BCUT2D eigenvalue weighted by atomic mass is 16.3. The molecule has 0 saturated carbocycles. The van der Waals surface area contributed by atoms with Crippen LogP contribution in [0.5, 0.6) is 0 Å². The molecule has 0 saturated heterocycles. The Bertz CT molecular complexity index is 46.8. The van der Waals surface area contributed by atoms with E-state index in [4.69, 9.17) is 6.48 Å². The van der Waals surface area contributed by atoms with Gasteiger partial charge in [0.05, 0.1) is 0 Å². The van der Waals surface area contributed by atoms with Crippen LogP contribution in [-0.2, 0) is 4.79 Å². The molecule has 0 amide bonds. The first-order valence-electron chi connectivity index (χ1n) is 1.93. The van der Waals surface area contributed by atoms with Crippen molar-refractivity contribution in [3.63, 3.8) is 0 Å². The Morgan fingerprint density at radius 1 is 2.40 bits per heavy atom. The molecule has 2 heteroatoms. The minimum Gasteiger partial charge on any atom is -0.389 e. The first-order valence-corrected chi connectivity index (χ1v) is 1.23. The lowest BCUT2D eigenvalue weighted by Gasteiger charge is -1.72. The van der Waals surface area contributed by atoms with E-state index < -0.39 is 12.4 Å². The molecule has 0 aliphatic heterocycles. The van der Waals surface area contributed by atoms with E-state index in [0.717, 1.165) is 0 Å². The highest BCUT2D eigenvalue weighted by Gasteiger charge is 1.78. The number of carbonyl (C=O) groups excluding carboxylic acids is 1. The first-order chi connectivity index (χ1) is 2.81. The highest BCUT2D eigenvalue weighted by molar-refractivity contribution is 5.76. The zero-order valence-corrected chi connectivity index (χ0v) is 2.77. The Balaban J connectivity index is 2.99. The predicted octanol–water partition coefficient (Wildman–Crippen LogP) is -0.432. The maximum absolute atomic E-state index is 9.74. The van der Waals surface area contributed by atoms with Gasteiger partial charge in [0.25, 0.3) is 0 Å². The van der Waals surface area contributed by atoms with E-state index in [9.17, 15) is 4.79 Å². The van der Waals surface area contributed by atoms with Crippen LogP contribution in [0.4, 0.5) is 0 Å². The van der Waals surface area contributed by atoms with Gasteiger partial charge in [0.2, 0.25) is 0 Å². The van der Waals surface area contributed by atoms with E-state index in [2.05, 4.69) is 0 Å². The molecule has 0 heterocycles. The van der Waals surface area contributed by atoms with Gasteiger partial charge in [-0.25, -0.2) is 0 Å². The quantitative estimate of drug-likeness (QED) is 0.459. The summed E-state index contributed by atoms with van der Waals surface area (Å²) in [4.78, 5) is 9.74. The van der Waals surface area contributed by atoms with E-state index >= 15 is 0 Å². The molecule has 0 spiro atoms. The average molecular weight is 75.1 g/mol. The number of aliphatic hydroxyl groups excluding tert-OH is 1. The van der Waals surface area contributed by atoms with Crippen molar-refractivity contribution in [2.45, 2.75) is 6.90 Å². The molecular weight excluding hydrogens is 68.0 g/mol. The largest absolute Gasteiger partial charge is 0.389 e. The number of ketones is 1. The molecule has 0 aromatic rings. The van der Waals surface area contributed by atoms with E-state index in [0.29, 0.717) is 0 Å². The summed E-state index contributed by atoms with van der Waals surface area (Å²) in [5, 5.41) is 7.87. The second-order valence-electron chi connectivity index (χ2n) is 0.697. The normalized spacial score (nSPS) is 10.2. The Hall–Kier alpha value is -0.370. The monoisotopic (exact) mass is 75.0 g/mol. The lowest BCUT2D eigenvalue weighted by Crippen LogP contribution is -1.93. The van der Waals surface area contributed by atoms with Crippen LogP contribution in [0.3, 0.4) is 0 Å². The summed E-state index contributed by atoms with van der Waals surface area (Å²) in [6, 6.07) is 0. The van der Waals surface area contributed by atoms with Gasteiger partial charge in [0.1, 0.15) is 6.61 Å². The Morgan fingerprint density at radius 3 is 3.00 bits per heavy atom. The van der Waals surface area contributed by atoms with Crippen molar-refractivity contribution in [1.29, 1.82) is 0 Å². The molecular formula is C3H6O2. The summed E-state index contributed by atoms with van der Waals surface area (Å²) < 4.78 is 6.30. The van der Waals surface area contributed by atoms with Gasteiger partial charge < -0.3 is 5.11 Å². The van der Waals surface area contributed by atoms with Gasteiger partial charge in [-0.3, -0.25) is 4.79 Å². The molecule has 0 aromatic heterocycles. The number of hydrogen-bond acceptors (Lipinski definition) is 2. The van der Waals surface area contributed by atoms with Gasteiger partial charge >= 0.3 is 0 Å². The fraction of sp³-hybridized carbons (Fsp3) is 0.667. The van der Waals surface area contributed by atoms with Crippen LogP contribution >= 0.6 is 0 Å². The number of Topliss-reactive ketones (excluding diaryl/α,β-unsaturated/α-hetero) is 1. The summed E-state index contributed by atoms with van der Waals surface area (Å²) in [5.41, 5.74) is 0. The van der Waals surface area contributed by atoms with E-state index in [1.807, 2.05) is 0 Å². The number of rotatable bonds is 1. The minimum absolute atomic E-state index is 0.309. The van der Waals surface area contributed by atoms with Crippen molar-refractivity contribution in [3.8, 4) is 0 Å². The SMILES string of the molecule is [2H]CC(=O)CO. The van der Waals surface area contributed by atoms with Gasteiger partial charge in [-0.15, -0.1) is 0 Å². The molecule has 5 heavy (non-hydrogen) atoms. The van der Waals surface area contributed by atoms with Gasteiger partial charge in [-0.2, -0.15) is 0 Å². The summed E-state index contributed by atoms with van der Waals surface area (Å²) >= 11 is 0. The number of aliphatic hydroxyl groups is 1. The maximum Gasteiger partial charge on any atom is 0.155 e. The van der Waals surface area contributed by atoms with Crippen LogP contribution in [-0.4, -0.2) is 17.5 Å². The molecule has 0 bridgehead atoms. The fourth-order valence-corrected chi connectivity index (χ4v) is 0. The standard InChI is InChI=1S/C3H6O2/c1-3(5)2-4/h4H,2H2,1H3/i1D. The molecule has 0 fully saturated rings. The Kier molecular flexibility index (Phi) is 1.08. The molecule has 0 aliphatic rings. The van der Waals surface area contributed by atoms with Crippen LogP contribution in [0.15, 0.2) is 0 Å². The lowest BCUT2D eigenvalue weighted by atomic mass is 10.5. The van der Waals surface area contributed by atoms with Gasteiger partial charge in [0, 0.05) is 1.37 Å². The highest BCUT2D eigenvalue weighted by Crippen LogP contribution is 1.55. The molecule has 1 N–H and O–H groups in total. The van der Waals surface area contributed by atoms with Crippen molar-refractivity contribution < 1.29 is 11.3 Å². The Morgan fingerprint density at radius 2 is 3.00 bits per heavy atom. The molecule has 0 radical (unpaired) electrons. The van der Waals surface area contributed by atoms with E-state index in [1.165, 1.54) is 0 Å². The molecule has 0 atom stereocenters. The van der Waals surface area contributed by atoms with Gasteiger partial charge in [0.15, 0.2) is 5.78 Å². The molecule has 2 nitrogen and oxygen atoms in total. The second kappa shape index (κ2) is 1.91. The molecule has 0 rings (SSSR count). The van der Waals surface area contributed by atoms with Crippen LogP contribution in [0.1, 0.15) is 8.27 Å². The zero-order chi connectivity index (χ0) is 4.99.